The van der Waals surface area contributed by atoms with Crippen molar-refractivity contribution in [3.8, 4) is 0 Å². The van der Waals surface area contributed by atoms with E-state index in [1.54, 1.807) is 13.8 Å². The van der Waals surface area contributed by atoms with E-state index in [0.717, 1.165) is 10.7 Å². The molecule has 3 nitrogen and oxygen atoms in total. The van der Waals surface area contributed by atoms with E-state index in [0.29, 0.717) is 6.29 Å². The number of nitrogens with zero attached hydrogens (tertiary/aromatic N) is 2. The van der Waals surface area contributed by atoms with E-state index in [4.69, 9.17) is 0 Å². The molecule has 78 valence electrons. The summed E-state index contributed by atoms with van der Waals surface area (Å²) >= 11 is 0. The number of carbonyl (C=O) groups is 1. The number of aldehydes is 1. The maximum atomic E-state index is 12.4. The second-order valence-corrected chi connectivity index (χ2v) is 3.11. The molecule has 6 heteroatoms. The standard InChI is InChI=1S/C8H9F3N2O/c1-5(2)13-7(8(9,10)11)3-6(4-14)12-13/h3-5H,1-2H3. The van der Waals surface area contributed by atoms with Gasteiger partial charge in [-0.2, -0.15) is 18.3 Å². The van der Waals surface area contributed by atoms with E-state index >= 15 is 0 Å². The Morgan fingerprint density at radius 1 is 1.50 bits per heavy atom. The van der Waals surface area contributed by atoms with Crippen LogP contribution in [-0.2, 0) is 6.18 Å². The summed E-state index contributed by atoms with van der Waals surface area (Å²) in [6, 6.07) is 0.313. The van der Waals surface area contributed by atoms with Crippen LogP contribution in [0.2, 0.25) is 0 Å². The van der Waals surface area contributed by atoms with Gasteiger partial charge in [-0.1, -0.05) is 0 Å². The maximum Gasteiger partial charge on any atom is 0.433 e. The molecule has 1 aromatic rings. The van der Waals surface area contributed by atoms with Gasteiger partial charge in [0.05, 0.1) is 0 Å². The zero-order valence-electron chi connectivity index (χ0n) is 7.67. The molecule has 0 aliphatic heterocycles. The summed E-state index contributed by atoms with van der Waals surface area (Å²) < 4.78 is 37.9. The maximum absolute atomic E-state index is 12.4. The molecule has 0 bridgehead atoms. The van der Waals surface area contributed by atoms with E-state index in [2.05, 4.69) is 5.10 Å². The Morgan fingerprint density at radius 3 is 2.36 bits per heavy atom. The lowest BCUT2D eigenvalue weighted by molar-refractivity contribution is -0.144. The van der Waals surface area contributed by atoms with Crippen molar-refractivity contribution in [1.29, 1.82) is 0 Å². The molecule has 0 aliphatic rings. The van der Waals surface area contributed by atoms with Crippen molar-refractivity contribution in [3.05, 3.63) is 17.5 Å². The zero-order valence-corrected chi connectivity index (χ0v) is 7.67. The van der Waals surface area contributed by atoms with Crippen LogP contribution in [0.4, 0.5) is 13.2 Å². The Kier molecular flexibility index (Phi) is 2.64. The monoisotopic (exact) mass is 206 g/mol. The first-order valence-corrected chi connectivity index (χ1v) is 3.98. The summed E-state index contributed by atoms with van der Waals surface area (Å²) in [5.41, 5.74) is -1.10. The van der Waals surface area contributed by atoms with Crippen LogP contribution < -0.4 is 0 Å². The Labute approximate surface area is 78.5 Å². The van der Waals surface area contributed by atoms with E-state index in [-0.39, 0.29) is 5.69 Å². The van der Waals surface area contributed by atoms with Crippen LogP contribution in [0, 0.1) is 0 Å². The van der Waals surface area contributed by atoms with Crippen LogP contribution in [0.5, 0.6) is 0 Å². The number of rotatable bonds is 2. The molecule has 1 heterocycles. The third-order valence-electron chi connectivity index (χ3n) is 1.65. The fraction of sp³-hybridized carbons (Fsp3) is 0.500. The van der Waals surface area contributed by atoms with Gasteiger partial charge in [-0.3, -0.25) is 9.48 Å². The predicted octanol–water partition coefficient (Wildman–Crippen LogP) is 2.30. The Bertz CT molecular complexity index is 341. The number of hydrogen-bond donors (Lipinski definition) is 0. The van der Waals surface area contributed by atoms with E-state index in [1.165, 1.54) is 0 Å². The van der Waals surface area contributed by atoms with Crippen LogP contribution in [-0.4, -0.2) is 16.1 Å². The van der Waals surface area contributed by atoms with Gasteiger partial charge in [-0.15, -0.1) is 0 Å². The molecule has 1 rings (SSSR count). The smallest absolute Gasteiger partial charge is 0.296 e. The van der Waals surface area contributed by atoms with Gasteiger partial charge in [0.25, 0.3) is 0 Å². The van der Waals surface area contributed by atoms with Crippen molar-refractivity contribution in [2.24, 2.45) is 0 Å². The van der Waals surface area contributed by atoms with E-state index in [9.17, 15) is 18.0 Å². The molecule has 0 unspecified atom stereocenters. The van der Waals surface area contributed by atoms with Gasteiger partial charge in [-0.25, -0.2) is 0 Å². The number of aromatic nitrogens is 2. The van der Waals surface area contributed by atoms with Crippen molar-refractivity contribution in [2.45, 2.75) is 26.1 Å². The second-order valence-electron chi connectivity index (χ2n) is 3.11. The van der Waals surface area contributed by atoms with Crippen molar-refractivity contribution in [2.75, 3.05) is 0 Å². The zero-order chi connectivity index (χ0) is 10.9. The summed E-state index contributed by atoms with van der Waals surface area (Å²) in [6.45, 7) is 3.13. The first kappa shape index (κ1) is 10.7. The lowest BCUT2D eigenvalue weighted by Gasteiger charge is -2.12. The van der Waals surface area contributed by atoms with Crippen molar-refractivity contribution >= 4 is 6.29 Å². The lowest BCUT2D eigenvalue weighted by atomic mass is 10.3. The highest BCUT2D eigenvalue weighted by Gasteiger charge is 2.36. The number of alkyl halides is 3. The Hall–Kier alpha value is -1.33. The molecule has 1 aromatic heterocycles. The summed E-state index contributed by atoms with van der Waals surface area (Å²) in [5.74, 6) is 0. The molecule has 0 fully saturated rings. The predicted molar refractivity (Wildman–Crippen MR) is 43.0 cm³/mol. The minimum atomic E-state index is -4.47. The minimum Gasteiger partial charge on any atom is -0.296 e. The van der Waals surface area contributed by atoms with E-state index in [1.807, 2.05) is 0 Å². The minimum absolute atomic E-state index is 0.203. The normalized spacial score (nSPS) is 12.1. The van der Waals surface area contributed by atoms with Gasteiger partial charge in [0.15, 0.2) is 6.29 Å². The SMILES string of the molecule is CC(C)n1nc(C=O)cc1C(F)(F)F. The molecule has 0 aromatic carbocycles. The average Bonchev–Trinajstić information content (AvgIpc) is 2.46. The topological polar surface area (TPSA) is 34.9 Å². The first-order chi connectivity index (χ1) is 6.36. The quantitative estimate of drug-likeness (QED) is 0.696. The molecule has 0 N–H and O–H groups in total. The van der Waals surface area contributed by atoms with Crippen molar-refractivity contribution in [3.63, 3.8) is 0 Å². The fourth-order valence-electron chi connectivity index (χ4n) is 1.08. The molecule has 0 saturated heterocycles. The Balaban J connectivity index is 3.26. The molecule has 0 amide bonds. The number of halogens is 3. The molecule has 0 aliphatic carbocycles. The largest absolute Gasteiger partial charge is 0.433 e. The Morgan fingerprint density at radius 2 is 2.07 bits per heavy atom. The molecule has 0 radical (unpaired) electrons. The van der Waals surface area contributed by atoms with Crippen LogP contribution >= 0.6 is 0 Å². The molecular formula is C8H9F3N2O. The molecule has 0 spiro atoms. The summed E-state index contributed by atoms with van der Waals surface area (Å²) in [4.78, 5) is 10.3. The van der Waals surface area contributed by atoms with Crippen LogP contribution in [0.25, 0.3) is 0 Å². The molecule has 0 atom stereocenters. The highest BCUT2D eigenvalue weighted by molar-refractivity contribution is 5.71. The first-order valence-electron chi connectivity index (χ1n) is 3.98. The van der Waals surface area contributed by atoms with Gasteiger partial charge in [0.2, 0.25) is 0 Å². The molecule has 0 saturated carbocycles. The third-order valence-corrected chi connectivity index (χ3v) is 1.65. The van der Waals surface area contributed by atoms with Crippen molar-refractivity contribution < 1.29 is 18.0 Å². The molecule has 14 heavy (non-hydrogen) atoms. The van der Waals surface area contributed by atoms with Crippen LogP contribution in [0.15, 0.2) is 6.07 Å². The second kappa shape index (κ2) is 3.43. The van der Waals surface area contributed by atoms with Gasteiger partial charge in [0, 0.05) is 6.04 Å². The number of carbonyl (C=O) groups excluding carboxylic acids is 1. The summed E-state index contributed by atoms with van der Waals surface area (Å²) in [7, 11) is 0. The van der Waals surface area contributed by atoms with E-state index < -0.39 is 17.9 Å². The van der Waals surface area contributed by atoms with Gasteiger partial charge < -0.3 is 0 Å². The van der Waals surface area contributed by atoms with Gasteiger partial charge in [0.1, 0.15) is 11.4 Å². The highest BCUT2D eigenvalue weighted by atomic mass is 19.4. The average molecular weight is 206 g/mol. The summed E-state index contributed by atoms with van der Waals surface area (Å²) in [5, 5.41) is 3.52. The number of hydrogen-bond acceptors (Lipinski definition) is 2. The van der Waals surface area contributed by atoms with Gasteiger partial charge in [-0.05, 0) is 19.9 Å². The summed E-state index contributed by atoms with van der Waals surface area (Å²) in [6.07, 6.45) is -4.17. The van der Waals surface area contributed by atoms with Gasteiger partial charge >= 0.3 is 6.18 Å². The highest BCUT2D eigenvalue weighted by Crippen LogP contribution is 2.31. The van der Waals surface area contributed by atoms with Crippen LogP contribution in [0.3, 0.4) is 0 Å². The lowest BCUT2D eigenvalue weighted by Crippen LogP contribution is -2.16. The fourth-order valence-corrected chi connectivity index (χ4v) is 1.08. The van der Waals surface area contributed by atoms with Crippen LogP contribution in [0.1, 0.15) is 36.1 Å². The van der Waals surface area contributed by atoms with Crippen molar-refractivity contribution in [1.82, 2.24) is 9.78 Å². The molecular weight excluding hydrogens is 197 g/mol. The third kappa shape index (κ3) is 1.94.